The van der Waals surface area contributed by atoms with Gasteiger partial charge in [-0.25, -0.2) is 0 Å². The maximum atomic E-state index is 8.23. The summed E-state index contributed by atoms with van der Waals surface area (Å²) in [5, 5.41) is 8.23. The molecule has 1 heteroatoms. The highest BCUT2D eigenvalue weighted by atomic mass is 16.2. The fraction of sp³-hybridized carbons (Fsp3) is 0.800. The fourth-order valence-corrected chi connectivity index (χ4v) is 0.333. The second-order valence-corrected chi connectivity index (χ2v) is 3.59. The van der Waals surface area contributed by atoms with Crippen molar-refractivity contribution in [1.82, 2.24) is 0 Å². The van der Waals surface area contributed by atoms with Crippen LogP contribution in [0.2, 0.25) is 0 Å². The third-order valence-electron chi connectivity index (χ3n) is 0.626. The summed E-state index contributed by atoms with van der Waals surface area (Å²) in [4.78, 5) is 0. The average Bonchev–Trinajstić information content (AvgIpc) is 1.82. The minimum atomic E-state index is 0.165. The van der Waals surface area contributed by atoms with Crippen LogP contribution >= 0.6 is 0 Å². The van der Waals surface area contributed by atoms with Gasteiger partial charge in [0.2, 0.25) is 0 Å². The number of aliphatic hydroxyl groups excluding tert-OH is 1. The highest BCUT2D eigenvalue weighted by Crippen LogP contribution is 1.90. The van der Waals surface area contributed by atoms with Gasteiger partial charge < -0.3 is 5.11 Å². The molecule has 0 aromatic carbocycles. The molecule has 0 aromatic heterocycles. The van der Waals surface area contributed by atoms with Crippen LogP contribution in [-0.4, -0.2) is 11.7 Å². The van der Waals surface area contributed by atoms with Crippen molar-refractivity contribution in [2.24, 2.45) is 11.8 Å². The van der Waals surface area contributed by atoms with Gasteiger partial charge in [0, 0.05) is 0 Å². The molecule has 0 fully saturated rings. The molecule has 68 valence electrons. The van der Waals surface area contributed by atoms with Gasteiger partial charge in [0.05, 0.1) is 6.61 Å². The molecule has 1 nitrogen and oxygen atoms in total. The third kappa shape index (κ3) is 42.0. The molecule has 1 N–H and O–H groups in total. The molecule has 11 heavy (non-hydrogen) atoms. The van der Waals surface area contributed by atoms with Crippen LogP contribution < -0.4 is 0 Å². The first-order valence-corrected chi connectivity index (χ1v) is 4.28. The standard InChI is InChI=1S/C6H12O.C4H10/c1-6(2)4-3-5-7;1-4(2)3/h3-4,6-7H,5H2,1-2H3;4H,1-3H3/b4-3+;. The van der Waals surface area contributed by atoms with E-state index < -0.39 is 0 Å². The van der Waals surface area contributed by atoms with E-state index in [0.717, 1.165) is 5.92 Å². The van der Waals surface area contributed by atoms with E-state index >= 15 is 0 Å². The first kappa shape index (κ1) is 13.3. The van der Waals surface area contributed by atoms with Crippen molar-refractivity contribution < 1.29 is 5.11 Å². The van der Waals surface area contributed by atoms with Crippen LogP contribution in [0, 0.1) is 11.8 Å². The Hall–Kier alpha value is -0.300. The van der Waals surface area contributed by atoms with Crippen molar-refractivity contribution >= 4 is 0 Å². The Labute approximate surface area is 71.1 Å². The van der Waals surface area contributed by atoms with Gasteiger partial charge in [0.1, 0.15) is 0 Å². The molecule has 0 saturated carbocycles. The molecule has 0 aromatic rings. The van der Waals surface area contributed by atoms with Gasteiger partial charge in [-0.15, -0.1) is 0 Å². The van der Waals surface area contributed by atoms with Crippen molar-refractivity contribution in [3.05, 3.63) is 12.2 Å². The van der Waals surface area contributed by atoms with Crippen LogP contribution in [0.15, 0.2) is 12.2 Å². The average molecular weight is 158 g/mol. The minimum absolute atomic E-state index is 0.165. The molecular formula is C10H22O. The Morgan fingerprint density at radius 1 is 1.09 bits per heavy atom. The Morgan fingerprint density at radius 3 is 1.55 bits per heavy atom. The van der Waals surface area contributed by atoms with Crippen LogP contribution in [0.4, 0.5) is 0 Å². The lowest BCUT2D eigenvalue weighted by Crippen LogP contribution is -1.78. The summed E-state index contributed by atoms with van der Waals surface area (Å²) < 4.78 is 0. The minimum Gasteiger partial charge on any atom is -0.392 e. The lowest BCUT2D eigenvalue weighted by atomic mass is 10.2. The summed E-state index contributed by atoms with van der Waals surface area (Å²) in [7, 11) is 0. The molecule has 0 atom stereocenters. The van der Waals surface area contributed by atoms with Crippen LogP contribution in [0.5, 0.6) is 0 Å². The second-order valence-electron chi connectivity index (χ2n) is 3.59. The van der Waals surface area contributed by atoms with E-state index in [-0.39, 0.29) is 6.61 Å². The quantitative estimate of drug-likeness (QED) is 0.613. The topological polar surface area (TPSA) is 20.2 Å². The van der Waals surface area contributed by atoms with Crippen molar-refractivity contribution in [2.75, 3.05) is 6.61 Å². The summed E-state index contributed by atoms with van der Waals surface area (Å²) in [6, 6.07) is 0. The molecule has 0 rings (SSSR count). The Bertz CT molecular complexity index is 80.1. The molecule has 0 aliphatic rings. The highest BCUT2D eigenvalue weighted by molar-refractivity contribution is 4.83. The summed E-state index contributed by atoms with van der Waals surface area (Å²) in [5.41, 5.74) is 0. The number of hydrogen-bond donors (Lipinski definition) is 1. The third-order valence-corrected chi connectivity index (χ3v) is 0.626. The SMILES string of the molecule is CC(C)/C=C/CO.CC(C)C. The summed E-state index contributed by atoms with van der Waals surface area (Å²) in [6.45, 7) is 10.8. The van der Waals surface area contributed by atoms with Gasteiger partial charge in [-0.05, 0) is 11.8 Å². The van der Waals surface area contributed by atoms with E-state index in [0.29, 0.717) is 5.92 Å². The van der Waals surface area contributed by atoms with Crippen molar-refractivity contribution in [1.29, 1.82) is 0 Å². The van der Waals surface area contributed by atoms with Gasteiger partial charge >= 0.3 is 0 Å². The number of rotatable bonds is 2. The Balaban J connectivity index is 0. The van der Waals surface area contributed by atoms with E-state index in [1.807, 2.05) is 6.08 Å². The summed E-state index contributed by atoms with van der Waals surface area (Å²) in [5.74, 6) is 1.40. The van der Waals surface area contributed by atoms with Gasteiger partial charge in [0.15, 0.2) is 0 Å². The zero-order valence-corrected chi connectivity index (χ0v) is 8.46. The molecule has 0 aliphatic carbocycles. The first-order valence-electron chi connectivity index (χ1n) is 4.28. The predicted octanol–water partition coefficient (Wildman–Crippen LogP) is 2.85. The van der Waals surface area contributed by atoms with Crippen molar-refractivity contribution in [3.63, 3.8) is 0 Å². The van der Waals surface area contributed by atoms with E-state index in [1.54, 1.807) is 6.08 Å². The van der Waals surface area contributed by atoms with Crippen molar-refractivity contribution in [3.8, 4) is 0 Å². The van der Waals surface area contributed by atoms with E-state index in [9.17, 15) is 0 Å². The first-order chi connectivity index (χ1) is 5.00. The van der Waals surface area contributed by atoms with E-state index in [1.165, 1.54) is 0 Å². The van der Waals surface area contributed by atoms with Gasteiger partial charge in [-0.1, -0.05) is 46.8 Å². The van der Waals surface area contributed by atoms with Crippen LogP contribution in [0.1, 0.15) is 34.6 Å². The van der Waals surface area contributed by atoms with Gasteiger partial charge in [0.25, 0.3) is 0 Å². The fourth-order valence-electron chi connectivity index (χ4n) is 0.333. The number of allylic oxidation sites excluding steroid dienone is 1. The lowest BCUT2D eigenvalue weighted by molar-refractivity contribution is 0.342. The number of aliphatic hydroxyl groups is 1. The summed E-state index contributed by atoms with van der Waals surface area (Å²) in [6.07, 6.45) is 3.73. The molecule has 0 saturated heterocycles. The van der Waals surface area contributed by atoms with Crippen molar-refractivity contribution in [2.45, 2.75) is 34.6 Å². The maximum Gasteiger partial charge on any atom is 0.0612 e. The maximum absolute atomic E-state index is 8.23. The number of hydrogen-bond acceptors (Lipinski definition) is 1. The molecule has 0 aliphatic heterocycles. The zero-order valence-electron chi connectivity index (χ0n) is 8.46. The molecule has 0 heterocycles. The van der Waals surface area contributed by atoms with Crippen LogP contribution in [0.3, 0.4) is 0 Å². The molecule has 0 unspecified atom stereocenters. The zero-order chi connectivity index (χ0) is 9.28. The largest absolute Gasteiger partial charge is 0.392 e. The van der Waals surface area contributed by atoms with E-state index in [2.05, 4.69) is 34.6 Å². The molecular weight excluding hydrogens is 136 g/mol. The molecule has 0 amide bonds. The highest BCUT2D eigenvalue weighted by Gasteiger charge is 1.78. The van der Waals surface area contributed by atoms with E-state index in [4.69, 9.17) is 5.11 Å². The van der Waals surface area contributed by atoms with Gasteiger partial charge in [-0.3, -0.25) is 0 Å². The lowest BCUT2D eigenvalue weighted by Gasteiger charge is -1.88. The van der Waals surface area contributed by atoms with Crippen LogP contribution in [-0.2, 0) is 0 Å². The molecule has 0 radical (unpaired) electrons. The summed E-state index contributed by atoms with van der Waals surface area (Å²) >= 11 is 0. The molecule has 0 bridgehead atoms. The molecule has 0 spiro atoms. The monoisotopic (exact) mass is 158 g/mol. The Kier molecular flexibility index (Phi) is 11.7. The smallest absolute Gasteiger partial charge is 0.0612 e. The Morgan fingerprint density at radius 2 is 1.45 bits per heavy atom. The van der Waals surface area contributed by atoms with Gasteiger partial charge in [-0.2, -0.15) is 0 Å². The normalized spacial score (nSPS) is 10.5. The van der Waals surface area contributed by atoms with Crippen LogP contribution in [0.25, 0.3) is 0 Å². The predicted molar refractivity (Wildman–Crippen MR) is 51.6 cm³/mol. The second kappa shape index (κ2) is 9.70.